The van der Waals surface area contributed by atoms with E-state index < -0.39 is 0 Å². The molecule has 0 fully saturated rings. The van der Waals surface area contributed by atoms with Gasteiger partial charge in [0.2, 0.25) is 0 Å². The summed E-state index contributed by atoms with van der Waals surface area (Å²) < 4.78 is 3.58. The van der Waals surface area contributed by atoms with Crippen molar-refractivity contribution < 1.29 is 0 Å². The molecule has 0 radical (unpaired) electrons. The molecule has 0 unspecified atom stereocenters. The lowest BCUT2D eigenvalue weighted by molar-refractivity contribution is 0.718. The Morgan fingerprint density at radius 2 is 1.94 bits per heavy atom. The second-order valence-electron chi connectivity index (χ2n) is 4.33. The van der Waals surface area contributed by atoms with Crippen LogP contribution in [0.4, 0.5) is 0 Å². The van der Waals surface area contributed by atoms with Crippen molar-refractivity contribution >= 4 is 22.9 Å². The third kappa shape index (κ3) is 2.05. The predicted octanol–water partition coefficient (Wildman–Crippen LogP) is 1.73. The van der Waals surface area contributed by atoms with Crippen LogP contribution in [0.1, 0.15) is 25.6 Å². The number of hydrogen-bond donors (Lipinski definition) is 0. The molecule has 0 aliphatic rings. The number of imidazole rings is 1. The van der Waals surface area contributed by atoms with Crippen molar-refractivity contribution in [2.45, 2.75) is 31.2 Å². The first kappa shape index (κ1) is 13.1. The number of nitrogens with zero attached hydrogens (tertiary/aromatic N) is 4. The Morgan fingerprint density at radius 1 is 1.22 bits per heavy atom. The summed E-state index contributed by atoms with van der Waals surface area (Å²) in [5.74, 6) is 1.02. The predicted molar refractivity (Wildman–Crippen MR) is 74.1 cm³/mol. The minimum Gasteiger partial charge on any atom is -0.328 e. The molecule has 6 heteroatoms. The third-order valence-corrected chi connectivity index (χ3v) is 3.79. The van der Waals surface area contributed by atoms with E-state index >= 15 is 0 Å². The van der Waals surface area contributed by atoms with Crippen molar-refractivity contribution in [2.75, 3.05) is 6.26 Å². The fourth-order valence-electron chi connectivity index (χ4n) is 2.01. The van der Waals surface area contributed by atoms with Crippen LogP contribution in [0, 0.1) is 0 Å². The summed E-state index contributed by atoms with van der Waals surface area (Å²) in [7, 11) is 3.71. The van der Waals surface area contributed by atoms with Crippen LogP contribution >= 0.6 is 11.8 Å². The lowest BCUT2D eigenvalue weighted by Crippen LogP contribution is -2.21. The van der Waals surface area contributed by atoms with E-state index in [1.807, 2.05) is 13.3 Å². The zero-order chi connectivity index (χ0) is 13.3. The first-order valence-corrected chi connectivity index (χ1v) is 7.29. The molecular weight excluding hydrogens is 248 g/mol. The first-order valence-electron chi connectivity index (χ1n) is 6.06. The van der Waals surface area contributed by atoms with E-state index in [1.165, 1.54) is 16.3 Å². The number of aryl methyl sites for hydroxylation is 3. The molecule has 0 saturated carbocycles. The van der Waals surface area contributed by atoms with Crippen LogP contribution in [0.5, 0.6) is 0 Å². The van der Waals surface area contributed by atoms with Crippen molar-refractivity contribution in [3.8, 4) is 0 Å². The Kier molecular flexibility index (Phi) is 3.75. The number of rotatable bonds is 4. The summed E-state index contributed by atoms with van der Waals surface area (Å²) >= 11 is 1.49. The summed E-state index contributed by atoms with van der Waals surface area (Å²) in [6, 6.07) is 0. The summed E-state index contributed by atoms with van der Waals surface area (Å²) in [4.78, 5) is 20.4. The quantitative estimate of drug-likeness (QED) is 0.625. The number of thioether (sulfide) groups is 1. The normalized spacial score (nSPS) is 11.3. The molecule has 0 N–H and O–H groups in total. The van der Waals surface area contributed by atoms with Gasteiger partial charge in [-0.1, -0.05) is 13.3 Å². The third-order valence-electron chi connectivity index (χ3n) is 3.12. The molecule has 2 aromatic rings. The van der Waals surface area contributed by atoms with Crippen molar-refractivity contribution in [3.63, 3.8) is 0 Å². The molecule has 5 nitrogen and oxygen atoms in total. The molecule has 0 spiro atoms. The topological polar surface area (TPSA) is 52.7 Å². The Hall–Kier alpha value is -1.30. The Morgan fingerprint density at radius 3 is 2.56 bits per heavy atom. The van der Waals surface area contributed by atoms with Gasteiger partial charge in [-0.2, -0.15) is 4.98 Å². The van der Waals surface area contributed by atoms with Gasteiger partial charge in [0.15, 0.2) is 5.65 Å². The molecule has 0 aliphatic carbocycles. The molecule has 0 saturated heterocycles. The lowest BCUT2D eigenvalue weighted by Gasteiger charge is -2.04. The van der Waals surface area contributed by atoms with Crippen LogP contribution in [0.3, 0.4) is 0 Å². The molecule has 98 valence electrons. The Balaban J connectivity index is 2.70. The van der Waals surface area contributed by atoms with Crippen molar-refractivity contribution in [1.82, 2.24) is 19.1 Å². The van der Waals surface area contributed by atoms with Gasteiger partial charge in [0.05, 0.1) is 0 Å². The highest BCUT2D eigenvalue weighted by Gasteiger charge is 2.15. The van der Waals surface area contributed by atoms with E-state index in [4.69, 9.17) is 0 Å². The average Bonchev–Trinajstić information content (AvgIpc) is 2.69. The van der Waals surface area contributed by atoms with Gasteiger partial charge in [0.1, 0.15) is 16.4 Å². The standard InChI is InChI=1S/C12H18N4OS/c1-5-6-7-8-13-10-9(15(8)2)11(18-4)14-12(17)16(10)3/h5-7H2,1-4H3. The SMILES string of the molecule is CCCCc1nc2c(c(SC)nc(=O)n2C)n1C. The molecule has 18 heavy (non-hydrogen) atoms. The van der Waals surface area contributed by atoms with Crippen molar-refractivity contribution in [1.29, 1.82) is 0 Å². The Labute approximate surface area is 110 Å². The van der Waals surface area contributed by atoms with Crippen LogP contribution in [-0.2, 0) is 20.5 Å². The molecular formula is C12H18N4OS. The van der Waals surface area contributed by atoms with Crippen molar-refractivity contribution in [2.24, 2.45) is 14.1 Å². The number of unbranched alkanes of at least 4 members (excludes halogenated alkanes) is 1. The van der Waals surface area contributed by atoms with Crippen LogP contribution in [0.15, 0.2) is 9.82 Å². The second-order valence-corrected chi connectivity index (χ2v) is 5.12. The van der Waals surface area contributed by atoms with Crippen LogP contribution in [-0.4, -0.2) is 25.4 Å². The molecule has 0 amide bonds. The van der Waals surface area contributed by atoms with Gasteiger partial charge in [-0.15, -0.1) is 11.8 Å². The Bertz CT molecular complexity index is 629. The molecule has 0 aromatic carbocycles. The highest BCUT2D eigenvalue weighted by molar-refractivity contribution is 7.98. The van der Waals surface area contributed by atoms with Crippen molar-refractivity contribution in [3.05, 3.63) is 16.3 Å². The minimum atomic E-state index is -0.244. The zero-order valence-electron chi connectivity index (χ0n) is 11.2. The minimum absolute atomic E-state index is 0.244. The summed E-state index contributed by atoms with van der Waals surface area (Å²) in [6.07, 6.45) is 5.10. The van der Waals surface area contributed by atoms with Gasteiger partial charge in [-0.3, -0.25) is 4.57 Å². The summed E-state index contributed by atoms with van der Waals surface area (Å²) in [5, 5.41) is 0.755. The van der Waals surface area contributed by atoms with Crippen LogP contribution in [0.25, 0.3) is 11.2 Å². The number of hydrogen-bond acceptors (Lipinski definition) is 4. The summed E-state index contributed by atoms with van der Waals surface area (Å²) in [5.41, 5.74) is 1.44. The van der Waals surface area contributed by atoms with Crippen LogP contribution in [0.2, 0.25) is 0 Å². The molecule has 0 aliphatic heterocycles. The summed E-state index contributed by atoms with van der Waals surface area (Å²) in [6.45, 7) is 2.16. The van der Waals surface area contributed by atoms with E-state index in [1.54, 1.807) is 7.05 Å². The maximum Gasteiger partial charge on any atom is 0.350 e. The van der Waals surface area contributed by atoms with Gasteiger partial charge in [-0.25, -0.2) is 9.78 Å². The molecule has 2 rings (SSSR count). The van der Waals surface area contributed by atoms with Crippen LogP contribution < -0.4 is 5.69 Å². The van der Waals surface area contributed by atoms with Gasteiger partial charge < -0.3 is 4.57 Å². The maximum atomic E-state index is 11.7. The van der Waals surface area contributed by atoms with Gasteiger partial charge >= 0.3 is 5.69 Å². The van der Waals surface area contributed by atoms with E-state index in [0.29, 0.717) is 0 Å². The zero-order valence-corrected chi connectivity index (χ0v) is 12.0. The lowest BCUT2D eigenvalue weighted by atomic mass is 10.2. The largest absolute Gasteiger partial charge is 0.350 e. The van der Waals surface area contributed by atoms with Gasteiger partial charge in [0, 0.05) is 20.5 Å². The molecule has 0 atom stereocenters. The fraction of sp³-hybridized carbons (Fsp3) is 0.583. The van der Waals surface area contributed by atoms with E-state index in [-0.39, 0.29) is 5.69 Å². The maximum absolute atomic E-state index is 11.7. The van der Waals surface area contributed by atoms with E-state index in [0.717, 1.165) is 41.3 Å². The van der Waals surface area contributed by atoms with Gasteiger partial charge in [0.25, 0.3) is 0 Å². The number of aromatic nitrogens is 4. The smallest absolute Gasteiger partial charge is 0.328 e. The van der Waals surface area contributed by atoms with E-state index in [9.17, 15) is 4.79 Å². The fourth-order valence-corrected chi connectivity index (χ4v) is 2.60. The highest BCUT2D eigenvalue weighted by atomic mass is 32.2. The molecule has 0 bridgehead atoms. The highest BCUT2D eigenvalue weighted by Crippen LogP contribution is 2.23. The second kappa shape index (κ2) is 5.14. The molecule has 2 aromatic heterocycles. The molecule has 2 heterocycles. The average molecular weight is 266 g/mol. The first-order chi connectivity index (χ1) is 8.60. The van der Waals surface area contributed by atoms with E-state index in [2.05, 4.69) is 21.5 Å². The monoisotopic (exact) mass is 266 g/mol. The number of fused-ring (bicyclic) bond motifs is 1. The van der Waals surface area contributed by atoms with Gasteiger partial charge in [-0.05, 0) is 12.7 Å².